The largest absolute Gasteiger partial charge is 0.433 e. The van der Waals surface area contributed by atoms with Gasteiger partial charge in [0.25, 0.3) is 0 Å². The normalized spacial score (nSPS) is 13.8. The average molecular weight is 267 g/mol. The molecule has 96 valence electrons. The second-order valence-electron chi connectivity index (χ2n) is 3.87. The number of alkyl halides is 3. The zero-order chi connectivity index (χ0) is 13.1. The Morgan fingerprint density at radius 2 is 2.06 bits per heavy atom. The third kappa shape index (κ3) is 4.52. The summed E-state index contributed by atoms with van der Waals surface area (Å²) >= 11 is 5.57. The van der Waals surface area contributed by atoms with Gasteiger partial charge in [0, 0.05) is 12.6 Å². The van der Waals surface area contributed by atoms with Crippen LogP contribution in [-0.4, -0.2) is 11.0 Å². The van der Waals surface area contributed by atoms with Gasteiger partial charge in [-0.05, 0) is 31.0 Å². The van der Waals surface area contributed by atoms with Crippen molar-refractivity contribution in [1.29, 1.82) is 0 Å². The number of rotatable bonds is 4. The molecule has 1 atom stereocenters. The Balaban J connectivity index is 2.83. The van der Waals surface area contributed by atoms with Crippen molar-refractivity contribution in [2.45, 2.75) is 39.0 Å². The molecule has 0 aliphatic carbocycles. The molecule has 0 amide bonds. The summed E-state index contributed by atoms with van der Waals surface area (Å²) in [7, 11) is 0. The molecule has 6 heteroatoms. The molecule has 0 saturated carbocycles. The quantitative estimate of drug-likeness (QED) is 0.842. The Morgan fingerprint density at radius 3 is 2.59 bits per heavy atom. The van der Waals surface area contributed by atoms with Gasteiger partial charge in [0.1, 0.15) is 10.8 Å². The van der Waals surface area contributed by atoms with Crippen molar-refractivity contribution in [3.63, 3.8) is 0 Å². The molecule has 17 heavy (non-hydrogen) atoms. The van der Waals surface area contributed by atoms with Crippen molar-refractivity contribution in [2.75, 3.05) is 0 Å². The van der Waals surface area contributed by atoms with E-state index in [0.29, 0.717) is 12.1 Å². The van der Waals surface area contributed by atoms with Crippen LogP contribution < -0.4 is 5.32 Å². The Kier molecular flexibility index (Phi) is 4.77. The van der Waals surface area contributed by atoms with Gasteiger partial charge < -0.3 is 5.32 Å². The van der Waals surface area contributed by atoms with E-state index in [1.54, 1.807) is 0 Å². The molecule has 1 N–H and O–H groups in total. The minimum absolute atomic E-state index is 0.138. The fraction of sp³-hybridized carbons (Fsp3) is 0.545. The first-order chi connectivity index (χ1) is 7.82. The van der Waals surface area contributed by atoms with Crippen molar-refractivity contribution >= 4 is 11.6 Å². The van der Waals surface area contributed by atoms with E-state index in [0.717, 1.165) is 12.5 Å². The number of hydrogen-bond donors (Lipinski definition) is 1. The third-order valence-electron chi connectivity index (χ3n) is 2.41. The topological polar surface area (TPSA) is 24.9 Å². The maximum absolute atomic E-state index is 12.5. The summed E-state index contributed by atoms with van der Waals surface area (Å²) in [6.45, 7) is 4.31. The number of nitrogens with zero attached hydrogens (tertiary/aromatic N) is 1. The van der Waals surface area contributed by atoms with Gasteiger partial charge in [-0.15, -0.1) is 0 Å². The highest BCUT2D eigenvalue weighted by atomic mass is 35.5. The zero-order valence-electron chi connectivity index (χ0n) is 9.61. The molecule has 1 aromatic heterocycles. The van der Waals surface area contributed by atoms with E-state index in [-0.39, 0.29) is 11.2 Å². The summed E-state index contributed by atoms with van der Waals surface area (Å²) < 4.78 is 37.4. The predicted molar refractivity (Wildman–Crippen MR) is 60.8 cm³/mol. The molecule has 0 bridgehead atoms. The number of aromatic nitrogens is 1. The van der Waals surface area contributed by atoms with Crippen LogP contribution in [0.15, 0.2) is 12.1 Å². The average Bonchev–Trinajstić information content (AvgIpc) is 2.24. The third-order valence-corrected chi connectivity index (χ3v) is 2.60. The molecular formula is C11H14ClF3N2. The molecule has 0 aromatic carbocycles. The molecule has 0 fully saturated rings. The molecule has 1 unspecified atom stereocenters. The summed E-state index contributed by atoms with van der Waals surface area (Å²) in [5.41, 5.74) is -0.469. The van der Waals surface area contributed by atoms with Crippen LogP contribution in [0.1, 0.15) is 31.5 Å². The molecule has 1 rings (SSSR count). The van der Waals surface area contributed by atoms with E-state index in [2.05, 4.69) is 10.3 Å². The van der Waals surface area contributed by atoms with Crippen LogP contribution in [0.25, 0.3) is 0 Å². The Labute approximate surface area is 103 Å². The highest BCUT2D eigenvalue weighted by Crippen LogP contribution is 2.29. The second-order valence-corrected chi connectivity index (χ2v) is 4.26. The van der Waals surface area contributed by atoms with Gasteiger partial charge in [-0.25, -0.2) is 4.98 Å². The Morgan fingerprint density at radius 1 is 1.41 bits per heavy atom. The number of hydrogen-bond acceptors (Lipinski definition) is 2. The molecule has 1 heterocycles. The zero-order valence-corrected chi connectivity index (χ0v) is 10.4. The van der Waals surface area contributed by atoms with E-state index in [4.69, 9.17) is 11.6 Å². The van der Waals surface area contributed by atoms with Crippen molar-refractivity contribution in [3.05, 3.63) is 28.5 Å². The van der Waals surface area contributed by atoms with E-state index in [1.165, 1.54) is 6.07 Å². The van der Waals surface area contributed by atoms with Crippen LogP contribution >= 0.6 is 11.6 Å². The molecule has 0 saturated heterocycles. The molecule has 2 nitrogen and oxygen atoms in total. The highest BCUT2D eigenvalue weighted by molar-refractivity contribution is 6.29. The lowest BCUT2D eigenvalue weighted by molar-refractivity contribution is -0.141. The van der Waals surface area contributed by atoms with Crippen molar-refractivity contribution in [3.8, 4) is 0 Å². The van der Waals surface area contributed by atoms with Crippen LogP contribution in [0.4, 0.5) is 13.2 Å². The predicted octanol–water partition coefficient (Wildman–Crippen LogP) is 3.64. The van der Waals surface area contributed by atoms with Gasteiger partial charge in [-0.3, -0.25) is 0 Å². The molecule has 1 aromatic rings. The minimum Gasteiger partial charge on any atom is -0.310 e. The monoisotopic (exact) mass is 266 g/mol. The van der Waals surface area contributed by atoms with Crippen LogP contribution in [-0.2, 0) is 12.7 Å². The van der Waals surface area contributed by atoms with Gasteiger partial charge in [0.15, 0.2) is 0 Å². The second kappa shape index (κ2) is 5.69. The van der Waals surface area contributed by atoms with Gasteiger partial charge in [-0.1, -0.05) is 18.5 Å². The fourth-order valence-corrected chi connectivity index (χ4v) is 1.46. The van der Waals surface area contributed by atoms with Crippen LogP contribution in [0.3, 0.4) is 0 Å². The number of pyridine rings is 1. The van der Waals surface area contributed by atoms with Gasteiger partial charge in [0.05, 0.1) is 0 Å². The van der Waals surface area contributed by atoms with Crippen LogP contribution in [0, 0.1) is 0 Å². The van der Waals surface area contributed by atoms with E-state index >= 15 is 0 Å². The van der Waals surface area contributed by atoms with E-state index < -0.39 is 11.9 Å². The smallest absolute Gasteiger partial charge is 0.310 e. The first-order valence-corrected chi connectivity index (χ1v) is 5.67. The SMILES string of the molecule is CCC(C)NCc1cc(Cl)nc(C(F)(F)F)c1. The summed E-state index contributed by atoms with van der Waals surface area (Å²) in [6.07, 6.45) is -3.55. The Hall–Kier alpha value is -0.810. The summed E-state index contributed by atoms with van der Waals surface area (Å²) in [5, 5.41) is 2.96. The molecule has 0 spiro atoms. The minimum atomic E-state index is -4.46. The molecule has 0 radical (unpaired) electrons. The maximum atomic E-state index is 12.5. The fourth-order valence-electron chi connectivity index (χ4n) is 1.23. The van der Waals surface area contributed by atoms with E-state index in [9.17, 15) is 13.2 Å². The summed E-state index contributed by atoms with van der Waals surface area (Å²) in [6, 6.07) is 2.70. The van der Waals surface area contributed by atoms with Gasteiger partial charge >= 0.3 is 6.18 Å². The highest BCUT2D eigenvalue weighted by Gasteiger charge is 2.33. The number of nitrogens with one attached hydrogen (secondary N) is 1. The van der Waals surface area contributed by atoms with Crippen LogP contribution in [0.5, 0.6) is 0 Å². The van der Waals surface area contributed by atoms with Crippen LogP contribution in [0.2, 0.25) is 5.15 Å². The molecule has 0 aliphatic heterocycles. The van der Waals surface area contributed by atoms with Crippen molar-refractivity contribution in [2.24, 2.45) is 0 Å². The lowest BCUT2D eigenvalue weighted by atomic mass is 10.2. The maximum Gasteiger partial charge on any atom is 0.433 e. The standard InChI is InChI=1S/C11H14ClF3N2/c1-3-7(2)16-6-8-4-9(11(13,14)15)17-10(12)5-8/h4-5,7,16H,3,6H2,1-2H3. The Bertz CT molecular complexity index is 379. The van der Waals surface area contributed by atoms with Gasteiger partial charge in [-0.2, -0.15) is 13.2 Å². The van der Waals surface area contributed by atoms with Crippen molar-refractivity contribution < 1.29 is 13.2 Å². The molecular weight excluding hydrogens is 253 g/mol. The number of halogens is 4. The van der Waals surface area contributed by atoms with Gasteiger partial charge in [0.2, 0.25) is 0 Å². The lowest BCUT2D eigenvalue weighted by Crippen LogP contribution is -2.24. The van der Waals surface area contributed by atoms with E-state index in [1.807, 2.05) is 13.8 Å². The van der Waals surface area contributed by atoms with Crippen molar-refractivity contribution in [1.82, 2.24) is 10.3 Å². The summed E-state index contributed by atoms with van der Waals surface area (Å²) in [4.78, 5) is 3.27. The first-order valence-electron chi connectivity index (χ1n) is 5.30. The summed E-state index contributed by atoms with van der Waals surface area (Å²) in [5.74, 6) is 0. The lowest BCUT2D eigenvalue weighted by Gasteiger charge is -2.13. The first kappa shape index (κ1) is 14.3. The molecule has 0 aliphatic rings.